The number of hydrogen-bond donors (Lipinski definition) is 2. The second-order valence-electron chi connectivity index (χ2n) is 4.86. The van der Waals surface area contributed by atoms with Crippen LogP contribution in [-0.2, 0) is 11.2 Å². The Kier molecular flexibility index (Phi) is 4.85. The van der Waals surface area contributed by atoms with E-state index in [2.05, 4.69) is 10.6 Å². The van der Waals surface area contributed by atoms with E-state index in [9.17, 15) is 13.6 Å². The predicted molar refractivity (Wildman–Crippen MR) is 68.7 cm³/mol. The first-order valence-corrected chi connectivity index (χ1v) is 6.59. The average Bonchev–Trinajstić information content (AvgIpc) is 2.41. The van der Waals surface area contributed by atoms with Crippen LogP contribution in [0.15, 0.2) is 18.2 Å². The highest BCUT2D eigenvalue weighted by Gasteiger charge is 2.14. The van der Waals surface area contributed by atoms with Gasteiger partial charge >= 0.3 is 0 Å². The van der Waals surface area contributed by atoms with Crippen LogP contribution in [0, 0.1) is 11.6 Å². The molecule has 0 saturated carbocycles. The van der Waals surface area contributed by atoms with Crippen molar-refractivity contribution in [2.24, 2.45) is 0 Å². The summed E-state index contributed by atoms with van der Waals surface area (Å²) in [6.45, 7) is 1.54. The molecule has 1 aromatic carbocycles. The van der Waals surface area contributed by atoms with Gasteiger partial charge in [0.1, 0.15) is 11.6 Å². The van der Waals surface area contributed by atoms with Crippen molar-refractivity contribution >= 4 is 5.91 Å². The van der Waals surface area contributed by atoms with Crippen molar-refractivity contribution in [2.45, 2.75) is 31.7 Å². The van der Waals surface area contributed by atoms with E-state index in [1.165, 1.54) is 18.9 Å². The molecule has 1 aliphatic heterocycles. The summed E-state index contributed by atoms with van der Waals surface area (Å²) in [5.74, 6) is -1.54. The van der Waals surface area contributed by atoms with E-state index in [1.54, 1.807) is 0 Å². The van der Waals surface area contributed by atoms with Crippen LogP contribution >= 0.6 is 0 Å². The van der Waals surface area contributed by atoms with E-state index >= 15 is 0 Å². The Morgan fingerprint density at radius 1 is 1.37 bits per heavy atom. The molecular weight excluding hydrogens is 250 g/mol. The molecule has 1 atom stereocenters. The van der Waals surface area contributed by atoms with E-state index in [1.807, 2.05) is 0 Å². The molecule has 5 heteroatoms. The zero-order valence-electron chi connectivity index (χ0n) is 10.7. The summed E-state index contributed by atoms with van der Waals surface area (Å²) in [6.07, 6.45) is 3.33. The molecule has 1 aliphatic rings. The van der Waals surface area contributed by atoms with Crippen LogP contribution in [0.4, 0.5) is 8.78 Å². The lowest BCUT2D eigenvalue weighted by molar-refractivity contribution is -0.120. The molecule has 1 saturated heterocycles. The molecule has 0 spiro atoms. The molecule has 3 nitrogen and oxygen atoms in total. The molecule has 1 amide bonds. The maximum Gasteiger partial charge on any atom is 0.224 e. The van der Waals surface area contributed by atoms with Crippen molar-refractivity contribution < 1.29 is 13.6 Å². The van der Waals surface area contributed by atoms with Gasteiger partial charge in [0, 0.05) is 18.7 Å². The molecule has 1 aromatic rings. The van der Waals surface area contributed by atoms with Crippen molar-refractivity contribution in [1.29, 1.82) is 0 Å². The van der Waals surface area contributed by atoms with Crippen LogP contribution in [0.5, 0.6) is 0 Å². The van der Waals surface area contributed by atoms with Crippen molar-refractivity contribution in [1.82, 2.24) is 10.6 Å². The Hall–Kier alpha value is -1.49. The highest BCUT2D eigenvalue weighted by molar-refractivity contribution is 5.78. The normalized spacial score (nSPS) is 19.2. The molecule has 104 valence electrons. The summed E-state index contributed by atoms with van der Waals surface area (Å²) in [5, 5.41) is 6.10. The van der Waals surface area contributed by atoms with Crippen molar-refractivity contribution in [3.05, 3.63) is 35.4 Å². The molecule has 2 rings (SSSR count). The molecule has 0 radical (unpaired) electrons. The smallest absolute Gasteiger partial charge is 0.224 e. The summed E-state index contributed by atoms with van der Waals surface area (Å²) in [7, 11) is 0. The third kappa shape index (κ3) is 4.28. The molecule has 0 aliphatic carbocycles. The molecule has 19 heavy (non-hydrogen) atoms. The van der Waals surface area contributed by atoms with Crippen molar-refractivity contribution in [3.8, 4) is 0 Å². The SMILES string of the molecule is O=C(Cc1ccc(F)cc1F)NCC1CCCCN1. The lowest BCUT2D eigenvalue weighted by Gasteiger charge is -2.23. The third-order valence-electron chi connectivity index (χ3n) is 3.32. The summed E-state index contributed by atoms with van der Waals surface area (Å²) in [6, 6.07) is 3.57. The van der Waals surface area contributed by atoms with Crippen LogP contribution < -0.4 is 10.6 Å². The number of halogens is 2. The molecule has 1 fully saturated rings. The Balaban J connectivity index is 1.80. The Morgan fingerprint density at radius 3 is 2.89 bits per heavy atom. The number of amides is 1. The third-order valence-corrected chi connectivity index (χ3v) is 3.32. The minimum absolute atomic E-state index is 0.0567. The van der Waals surface area contributed by atoms with Gasteiger partial charge in [-0.3, -0.25) is 4.79 Å². The van der Waals surface area contributed by atoms with Gasteiger partial charge in [-0.1, -0.05) is 12.5 Å². The molecule has 1 unspecified atom stereocenters. The highest BCUT2D eigenvalue weighted by atomic mass is 19.1. The van der Waals surface area contributed by atoms with Gasteiger partial charge < -0.3 is 10.6 Å². The molecule has 0 bridgehead atoms. The van der Waals surface area contributed by atoms with E-state index < -0.39 is 11.6 Å². The van der Waals surface area contributed by atoms with Gasteiger partial charge in [0.25, 0.3) is 0 Å². The van der Waals surface area contributed by atoms with Crippen LogP contribution in [0.3, 0.4) is 0 Å². The van der Waals surface area contributed by atoms with Crippen molar-refractivity contribution in [2.75, 3.05) is 13.1 Å². The fourth-order valence-electron chi connectivity index (χ4n) is 2.24. The van der Waals surface area contributed by atoms with E-state index in [4.69, 9.17) is 0 Å². The van der Waals surface area contributed by atoms with Gasteiger partial charge in [-0.15, -0.1) is 0 Å². The fourth-order valence-corrected chi connectivity index (χ4v) is 2.24. The first kappa shape index (κ1) is 13.9. The second-order valence-corrected chi connectivity index (χ2v) is 4.86. The minimum Gasteiger partial charge on any atom is -0.354 e. The van der Waals surface area contributed by atoms with Gasteiger partial charge in [0.2, 0.25) is 5.91 Å². The summed E-state index contributed by atoms with van der Waals surface area (Å²) >= 11 is 0. The van der Waals surface area contributed by atoms with Crippen LogP contribution in [-0.4, -0.2) is 25.0 Å². The quantitative estimate of drug-likeness (QED) is 0.873. The molecule has 2 N–H and O–H groups in total. The Morgan fingerprint density at radius 2 is 2.21 bits per heavy atom. The number of hydrogen-bond acceptors (Lipinski definition) is 2. The number of rotatable bonds is 4. The first-order valence-electron chi connectivity index (χ1n) is 6.59. The lowest BCUT2D eigenvalue weighted by atomic mass is 10.0. The van der Waals surface area contributed by atoms with Crippen LogP contribution in [0.2, 0.25) is 0 Å². The number of nitrogens with one attached hydrogen (secondary N) is 2. The van der Waals surface area contributed by atoms with Gasteiger partial charge in [-0.05, 0) is 31.0 Å². The standard InChI is InChI=1S/C14H18F2N2O/c15-11-5-4-10(13(16)8-11)7-14(19)18-9-12-3-1-2-6-17-12/h4-5,8,12,17H,1-3,6-7,9H2,(H,18,19). The van der Waals surface area contributed by atoms with Gasteiger partial charge in [-0.2, -0.15) is 0 Å². The van der Waals surface area contributed by atoms with Crippen LogP contribution in [0.1, 0.15) is 24.8 Å². The van der Waals surface area contributed by atoms with E-state index in [-0.39, 0.29) is 17.9 Å². The summed E-state index contributed by atoms with van der Waals surface area (Å²) < 4.78 is 26.1. The largest absolute Gasteiger partial charge is 0.354 e. The Bertz CT molecular complexity index is 445. The summed E-state index contributed by atoms with van der Waals surface area (Å²) in [5.41, 5.74) is 0.218. The molecular formula is C14H18F2N2O. The average molecular weight is 268 g/mol. The number of carbonyl (C=O) groups is 1. The van der Waals surface area contributed by atoms with E-state index in [0.717, 1.165) is 25.1 Å². The number of carbonyl (C=O) groups excluding carboxylic acids is 1. The maximum absolute atomic E-state index is 13.4. The number of piperidine rings is 1. The van der Waals surface area contributed by atoms with Gasteiger partial charge in [0.05, 0.1) is 6.42 Å². The first-order chi connectivity index (χ1) is 9.15. The van der Waals surface area contributed by atoms with Crippen LogP contribution in [0.25, 0.3) is 0 Å². The monoisotopic (exact) mass is 268 g/mol. The zero-order valence-corrected chi connectivity index (χ0v) is 10.7. The second kappa shape index (κ2) is 6.61. The Labute approximate surface area is 111 Å². The molecule has 1 heterocycles. The predicted octanol–water partition coefficient (Wildman–Crippen LogP) is 1.77. The fraction of sp³-hybridized carbons (Fsp3) is 0.500. The highest BCUT2D eigenvalue weighted by Crippen LogP contribution is 2.10. The molecule has 0 aromatic heterocycles. The maximum atomic E-state index is 13.4. The topological polar surface area (TPSA) is 41.1 Å². The minimum atomic E-state index is -0.675. The lowest BCUT2D eigenvalue weighted by Crippen LogP contribution is -2.43. The van der Waals surface area contributed by atoms with Gasteiger partial charge in [-0.25, -0.2) is 8.78 Å². The van der Waals surface area contributed by atoms with Crippen molar-refractivity contribution in [3.63, 3.8) is 0 Å². The zero-order chi connectivity index (χ0) is 13.7. The summed E-state index contributed by atoms with van der Waals surface area (Å²) in [4.78, 5) is 11.7. The van der Waals surface area contributed by atoms with Gasteiger partial charge in [0.15, 0.2) is 0 Å². The van der Waals surface area contributed by atoms with E-state index in [0.29, 0.717) is 12.6 Å². The number of benzene rings is 1.